The fourth-order valence-electron chi connectivity index (χ4n) is 1.74. The Hall–Kier alpha value is -1.18. The van der Waals surface area contributed by atoms with Gasteiger partial charge in [0.25, 0.3) is 0 Å². The summed E-state index contributed by atoms with van der Waals surface area (Å²) < 4.78 is 0. The summed E-state index contributed by atoms with van der Waals surface area (Å²) in [6.07, 6.45) is 8.33. The molecule has 58 valence electrons. The van der Waals surface area contributed by atoms with Crippen LogP contribution < -0.4 is 11.5 Å². The zero-order chi connectivity index (χ0) is 7.84. The lowest BCUT2D eigenvalue weighted by atomic mass is 9.93. The molecule has 0 fully saturated rings. The van der Waals surface area contributed by atoms with Crippen LogP contribution in [0.3, 0.4) is 0 Å². The van der Waals surface area contributed by atoms with Crippen LogP contribution in [0, 0.1) is 5.92 Å². The van der Waals surface area contributed by atoms with Crippen molar-refractivity contribution in [2.24, 2.45) is 17.4 Å². The Morgan fingerprint density at radius 2 is 2.18 bits per heavy atom. The molecule has 4 N–H and O–H groups in total. The van der Waals surface area contributed by atoms with Crippen molar-refractivity contribution in [2.75, 3.05) is 0 Å². The summed E-state index contributed by atoms with van der Waals surface area (Å²) in [5, 5.41) is 0. The van der Waals surface area contributed by atoms with Gasteiger partial charge in [0.1, 0.15) is 0 Å². The van der Waals surface area contributed by atoms with Crippen molar-refractivity contribution >= 4 is 0 Å². The van der Waals surface area contributed by atoms with Crippen molar-refractivity contribution in [1.82, 2.24) is 0 Å². The third-order valence-corrected chi connectivity index (χ3v) is 2.40. The maximum absolute atomic E-state index is 5.79. The van der Waals surface area contributed by atoms with Crippen LogP contribution >= 0.6 is 0 Å². The molecule has 0 aromatic rings. The lowest BCUT2D eigenvalue weighted by Gasteiger charge is -2.12. The highest BCUT2D eigenvalue weighted by molar-refractivity contribution is 5.44. The molecule has 0 aliphatic heterocycles. The summed E-state index contributed by atoms with van der Waals surface area (Å²) in [6, 6.07) is 0. The molecule has 1 unspecified atom stereocenters. The SMILES string of the molecule is NC1=C(N)C2=CC=CCC2C1. The summed E-state index contributed by atoms with van der Waals surface area (Å²) in [4.78, 5) is 0. The first kappa shape index (κ1) is 6.53. The van der Waals surface area contributed by atoms with Gasteiger partial charge in [-0.2, -0.15) is 0 Å². The Morgan fingerprint density at radius 3 is 2.91 bits per heavy atom. The van der Waals surface area contributed by atoms with Crippen molar-refractivity contribution in [3.63, 3.8) is 0 Å². The van der Waals surface area contributed by atoms with Crippen molar-refractivity contribution in [3.05, 3.63) is 35.2 Å². The largest absolute Gasteiger partial charge is 0.400 e. The van der Waals surface area contributed by atoms with E-state index in [0.717, 1.165) is 24.2 Å². The summed E-state index contributed by atoms with van der Waals surface area (Å²) in [6.45, 7) is 0. The second-order valence-corrected chi connectivity index (χ2v) is 3.13. The molecule has 2 aliphatic carbocycles. The average molecular weight is 148 g/mol. The van der Waals surface area contributed by atoms with Crippen LogP contribution in [0.2, 0.25) is 0 Å². The fourth-order valence-corrected chi connectivity index (χ4v) is 1.74. The predicted molar refractivity (Wildman–Crippen MR) is 45.3 cm³/mol. The molecule has 0 spiro atoms. The van der Waals surface area contributed by atoms with E-state index in [4.69, 9.17) is 11.5 Å². The van der Waals surface area contributed by atoms with Gasteiger partial charge in [-0.3, -0.25) is 0 Å². The maximum Gasteiger partial charge on any atom is 0.0540 e. The molecule has 0 bridgehead atoms. The van der Waals surface area contributed by atoms with Crippen molar-refractivity contribution < 1.29 is 0 Å². The van der Waals surface area contributed by atoms with Crippen LogP contribution in [0.5, 0.6) is 0 Å². The molecule has 11 heavy (non-hydrogen) atoms. The monoisotopic (exact) mass is 148 g/mol. The number of hydrogen-bond donors (Lipinski definition) is 2. The van der Waals surface area contributed by atoms with Crippen LogP contribution in [0.25, 0.3) is 0 Å². The van der Waals surface area contributed by atoms with Crippen LogP contribution in [-0.2, 0) is 0 Å². The first-order valence-electron chi connectivity index (χ1n) is 3.90. The van der Waals surface area contributed by atoms with Gasteiger partial charge in [-0.25, -0.2) is 0 Å². The van der Waals surface area contributed by atoms with E-state index in [0.29, 0.717) is 5.92 Å². The van der Waals surface area contributed by atoms with E-state index in [1.165, 1.54) is 5.57 Å². The summed E-state index contributed by atoms with van der Waals surface area (Å²) in [5.41, 5.74) is 14.4. The number of fused-ring (bicyclic) bond motifs is 1. The molecule has 2 aliphatic rings. The van der Waals surface area contributed by atoms with Gasteiger partial charge < -0.3 is 11.5 Å². The molecular weight excluding hydrogens is 136 g/mol. The normalized spacial score (nSPS) is 28.7. The highest BCUT2D eigenvalue weighted by Gasteiger charge is 2.25. The quantitative estimate of drug-likeness (QED) is 0.539. The number of nitrogens with two attached hydrogens (primary N) is 2. The third kappa shape index (κ3) is 0.862. The van der Waals surface area contributed by atoms with Gasteiger partial charge in [0.15, 0.2) is 0 Å². The Labute approximate surface area is 66.3 Å². The van der Waals surface area contributed by atoms with Gasteiger partial charge in [-0.15, -0.1) is 0 Å². The average Bonchev–Trinajstić information content (AvgIpc) is 2.30. The van der Waals surface area contributed by atoms with Gasteiger partial charge in [0.2, 0.25) is 0 Å². The number of allylic oxidation sites excluding steroid dienone is 5. The molecule has 0 radical (unpaired) electrons. The topological polar surface area (TPSA) is 52.0 Å². The molecule has 2 heteroatoms. The summed E-state index contributed by atoms with van der Waals surface area (Å²) >= 11 is 0. The van der Waals surface area contributed by atoms with Crippen LogP contribution in [0.15, 0.2) is 35.2 Å². The zero-order valence-electron chi connectivity index (χ0n) is 6.38. The third-order valence-electron chi connectivity index (χ3n) is 2.40. The minimum Gasteiger partial charge on any atom is -0.400 e. The van der Waals surface area contributed by atoms with Crippen LogP contribution in [-0.4, -0.2) is 0 Å². The number of hydrogen-bond acceptors (Lipinski definition) is 2. The minimum atomic E-state index is 0.569. The molecule has 2 rings (SSSR count). The van der Waals surface area contributed by atoms with Gasteiger partial charge in [0, 0.05) is 5.70 Å². The first-order valence-corrected chi connectivity index (χ1v) is 3.90. The smallest absolute Gasteiger partial charge is 0.0540 e. The molecule has 0 aromatic carbocycles. The van der Waals surface area contributed by atoms with E-state index >= 15 is 0 Å². The standard InChI is InChI=1S/C9H12N2/c10-8-5-6-3-1-2-4-7(6)9(8)11/h1-2,4,6H,3,5,10-11H2. The summed E-state index contributed by atoms with van der Waals surface area (Å²) in [7, 11) is 0. The van der Waals surface area contributed by atoms with Crippen LogP contribution in [0.4, 0.5) is 0 Å². The molecule has 2 nitrogen and oxygen atoms in total. The van der Waals surface area contributed by atoms with Crippen molar-refractivity contribution in [1.29, 1.82) is 0 Å². The second-order valence-electron chi connectivity index (χ2n) is 3.13. The maximum atomic E-state index is 5.79. The first-order chi connectivity index (χ1) is 5.29. The second kappa shape index (κ2) is 2.16. The molecule has 0 heterocycles. The van der Waals surface area contributed by atoms with Crippen molar-refractivity contribution in [2.45, 2.75) is 12.8 Å². The Kier molecular flexibility index (Phi) is 1.28. The number of rotatable bonds is 0. The van der Waals surface area contributed by atoms with E-state index in [1.807, 2.05) is 0 Å². The lowest BCUT2D eigenvalue weighted by molar-refractivity contribution is 0.647. The van der Waals surface area contributed by atoms with Crippen LogP contribution in [0.1, 0.15) is 12.8 Å². The highest BCUT2D eigenvalue weighted by Crippen LogP contribution is 2.35. The van der Waals surface area contributed by atoms with Gasteiger partial charge >= 0.3 is 0 Å². The van der Waals surface area contributed by atoms with Gasteiger partial charge in [-0.1, -0.05) is 18.2 Å². The molecule has 0 saturated carbocycles. The fraction of sp³-hybridized carbons (Fsp3) is 0.333. The minimum absolute atomic E-state index is 0.569. The van der Waals surface area contributed by atoms with E-state index in [1.54, 1.807) is 0 Å². The highest BCUT2D eigenvalue weighted by atomic mass is 14.7. The molecule has 0 aromatic heterocycles. The van der Waals surface area contributed by atoms with Crippen molar-refractivity contribution in [3.8, 4) is 0 Å². The summed E-state index contributed by atoms with van der Waals surface area (Å²) in [5.74, 6) is 0.569. The van der Waals surface area contributed by atoms with E-state index in [-0.39, 0.29) is 0 Å². The van der Waals surface area contributed by atoms with Gasteiger partial charge in [-0.05, 0) is 24.3 Å². The molecular formula is C9H12N2. The molecule has 1 atom stereocenters. The van der Waals surface area contributed by atoms with E-state index in [2.05, 4.69) is 18.2 Å². The Balaban J connectivity index is 2.39. The Bertz CT molecular complexity index is 271. The van der Waals surface area contributed by atoms with E-state index < -0.39 is 0 Å². The zero-order valence-corrected chi connectivity index (χ0v) is 6.38. The Morgan fingerprint density at radius 1 is 1.36 bits per heavy atom. The van der Waals surface area contributed by atoms with Gasteiger partial charge in [0.05, 0.1) is 5.70 Å². The lowest BCUT2D eigenvalue weighted by Crippen LogP contribution is -2.06. The molecule has 0 saturated heterocycles. The van der Waals surface area contributed by atoms with E-state index in [9.17, 15) is 0 Å². The molecule has 0 amide bonds. The predicted octanol–water partition coefficient (Wildman–Crippen LogP) is 1.02.